The monoisotopic (exact) mass is 276 g/mol. The summed E-state index contributed by atoms with van der Waals surface area (Å²) in [6, 6.07) is 2.60. The van der Waals surface area contributed by atoms with Crippen molar-refractivity contribution >= 4 is 0 Å². The number of halogens is 3. The molecule has 19 heavy (non-hydrogen) atoms. The zero-order valence-corrected chi connectivity index (χ0v) is 10.1. The molecule has 3 N–H and O–H groups in total. The predicted octanol–water partition coefficient (Wildman–Crippen LogP) is 2.61. The number of aliphatic hydroxyl groups is 2. The number of rotatable bonds is 3. The van der Waals surface area contributed by atoms with E-state index in [2.05, 4.69) is 0 Å². The van der Waals surface area contributed by atoms with Crippen LogP contribution in [0.3, 0.4) is 0 Å². The third kappa shape index (κ3) is 2.42. The molecule has 1 aromatic carbocycles. The van der Waals surface area contributed by atoms with Gasteiger partial charge in [0.2, 0.25) is 0 Å². The summed E-state index contributed by atoms with van der Waals surface area (Å²) < 4.78 is 38.7. The Morgan fingerprint density at radius 2 is 1.89 bits per heavy atom. The average molecular weight is 276 g/mol. The molecule has 6 heteroatoms. The minimum Gasteiger partial charge on any atom is -0.508 e. The van der Waals surface area contributed by atoms with Crippen LogP contribution in [-0.4, -0.2) is 21.9 Å². The highest BCUT2D eigenvalue weighted by atomic mass is 19.4. The highest BCUT2D eigenvalue weighted by Crippen LogP contribution is 2.52. The summed E-state index contributed by atoms with van der Waals surface area (Å²) in [7, 11) is 0. The van der Waals surface area contributed by atoms with Crippen molar-refractivity contribution in [3.8, 4) is 5.75 Å². The van der Waals surface area contributed by atoms with E-state index in [1.807, 2.05) is 0 Å². The molecule has 0 aromatic heterocycles. The highest BCUT2D eigenvalue weighted by Gasteiger charge is 2.46. The van der Waals surface area contributed by atoms with Gasteiger partial charge in [0, 0.05) is 5.41 Å². The number of alkyl halides is 3. The molecule has 3 nitrogen and oxygen atoms in total. The summed E-state index contributed by atoms with van der Waals surface area (Å²) >= 11 is 0. The molecule has 0 aliphatic heterocycles. The van der Waals surface area contributed by atoms with Crippen molar-refractivity contribution in [2.45, 2.75) is 31.5 Å². The largest absolute Gasteiger partial charge is 0.508 e. The zero-order chi connectivity index (χ0) is 14.3. The predicted molar refractivity (Wildman–Crippen MR) is 61.4 cm³/mol. The molecule has 0 bridgehead atoms. The molecule has 0 spiro atoms. The SMILES string of the molecule is OCC1(C(O)c2cc(O)ccc2C(F)(F)F)CCC1. The number of phenolic OH excluding ortho intramolecular Hbond substituents is 1. The maximum atomic E-state index is 12.9. The molecule has 106 valence electrons. The lowest BCUT2D eigenvalue weighted by molar-refractivity contribution is -0.142. The van der Waals surface area contributed by atoms with Crippen LogP contribution < -0.4 is 0 Å². The lowest BCUT2D eigenvalue weighted by atomic mass is 9.63. The van der Waals surface area contributed by atoms with E-state index in [1.165, 1.54) is 0 Å². The fourth-order valence-electron chi connectivity index (χ4n) is 2.51. The summed E-state index contributed by atoms with van der Waals surface area (Å²) in [5.41, 5.74) is -2.27. The Morgan fingerprint density at radius 3 is 2.32 bits per heavy atom. The van der Waals surface area contributed by atoms with Gasteiger partial charge in [-0.15, -0.1) is 0 Å². The van der Waals surface area contributed by atoms with Gasteiger partial charge in [-0.2, -0.15) is 13.2 Å². The van der Waals surface area contributed by atoms with E-state index < -0.39 is 23.3 Å². The molecular weight excluding hydrogens is 261 g/mol. The van der Waals surface area contributed by atoms with Gasteiger partial charge < -0.3 is 15.3 Å². The molecule has 0 saturated heterocycles. The molecular formula is C13H15F3O3. The van der Waals surface area contributed by atoms with E-state index in [1.54, 1.807) is 0 Å². The molecule has 1 atom stereocenters. The molecule has 2 rings (SSSR count). The van der Waals surface area contributed by atoms with Crippen molar-refractivity contribution in [3.05, 3.63) is 29.3 Å². The average Bonchev–Trinajstić information content (AvgIpc) is 2.26. The Bertz CT molecular complexity index is 461. The molecule has 1 saturated carbocycles. The zero-order valence-electron chi connectivity index (χ0n) is 10.1. The fraction of sp³-hybridized carbons (Fsp3) is 0.538. The van der Waals surface area contributed by atoms with E-state index in [0.29, 0.717) is 12.8 Å². The number of hydrogen-bond donors (Lipinski definition) is 3. The number of hydrogen-bond acceptors (Lipinski definition) is 3. The van der Waals surface area contributed by atoms with Crippen LogP contribution in [0.1, 0.15) is 36.5 Å². The van der Waals surface area contributed by atoms with Crippen LogP contribution in [0, 0.1) is 5.41 Å². The second kappa shape index (κ2) is 4.68. The van der Waals surface area contributed by atoms with Crippen molar-refractivity contribution in [1.82, 2.24) is 0 Å². The molecule has 0 amide bonds. The van der Waals surface area contributed by atoms with Crippen molar-refractivity contribution in [2.75, 3.05) is 6.61 Å². The van der Waals surface area contributed by atoms with Gasteiger partial charge in [-0.05, 0) is 36.6 Å². The number of aromatic hydroxyl groups is 1. The number of aliphatic hydroxyl groups excluding tert-OH is 2. The van der Waals surface area contributed by atoms with E-state index in [4.69, 9.17) is 0 Å². The Kier molecular flexibility index (Phi) is 3.49. The van der Waals surface area contributed by atoms with Crippen molar-refractivity contribution in [2.24, 2.45) is 5.41 Å². The van der Waals surface area contributed by atoms with Crippen molar-refractivity contribution in [1.29, 1.82) is 0 Å². The molecule has 1 aliphatic carbocycles. The van der Waals surface area contributed by atoms with Crippen LogP contribution in [0.25, 0.3) is 0 Å². The summed E-state index contributed by atoms with van der Waals surface area (Å²) in [4.78, 5) is 0. The number of benzene rings is 1. The molecule has 1 fully saturated rings. The van der Waals surface area contributed by atoms with Gasteiger partial charge in [-0.1, -0.05) is 6.42 Å². The standard InChI is InChI=1S/C13H15F3O3/c14-13(15,16)10-3-2-8(18)6-9(10)11(19)12(7-17)4-1-5-12/h2-3,6,11,17-19H,1,4-5,7H2. The first-order valence-corrected chi connectivity index (χ1v) is 5.99. The number of phenols is 1. The van der Waals surface area contributed by atoms with Crippen LogP contribution >= 0.6 is 0 Å². The fourth-order valence-corrected chi connectivity index (χ4v) is 2.51. The molecule has 1 aromatic rings. The van der Waals surface area contributed by atoms with Gasteiger partial charge >= 0.3 is 6.18 Å². The van der Waals surface area contributed by atoms with Gasteiger partial charge in [-0.25, -0.2) is 0 Å². The second-order valence-electron chi connectivity index (χ2n) is 5.05. The normalized spacial score (nSPS) is 19.8. The minimum atomic E-state index is -4.61. The maximum absolute atomic E-state index is 12.9. The summed E-state index contributed by atoms with van der Waals surface area (Å²) in [6.07, 6.45) is -4.34. The van der Waals surface area contributed by atoms with Crippen LogP contribution in [0.5, 0.6) is 5.75 Å². The van der Waals surface area contributed by atoms with Gasteiger partial charge in [-0.3, -0.25) is 0 Å². The smallest absolute Gasteiger partial charge is 0.416 e. The topological polar surface area (TPSA) is 60.7 Å². The summed E-state index contributed by atoms with van der Waals surface area (Å²) in [5.74, 6) is -0.338. The lowest BCUT2D eigenvalue weighted by Crippen LogP contribution is -2.40. The van der Waals surface area contributed by atoms with Crippen LogP contribution in [0.4, 0.5) is 13.2 Å². The Hall–Kier alpha value is -1.27. The Labute approximate surface area is 108 Å². The third-order valence-corrected chi connectivity index (χ3v) is 3.88. The maximum Gasteiger partial charge on any atom is 0.416 e. The first kappa shape index (κ1) is 14.1. The highest BCUT2D eigenvalue weighted by molar-refractivity contribution is 5.39. The Morgan fingerprint density at radius 1 is 1.26 bits per heavy atom. The van der Waals surface area contributed by atoms with Gasteiger partial charge in [0.1, 0.15) is 5.75 Å². The third-order valence-electron chi connectivity index (χ3n) is 3.88. The molecule has 1 unspecified atom stereocenters. The quantitative estimate of drug-likeness (QED) is 0.795. The minimum absolute atomic E-state index is 0.338. The van der Waals surface area contributed by atoms with Gasteiger partial charge in [0.05, 0.1) is 18.3 Å². The van der Waals surface area contributed by atoms with E-state index in [-0.39, 0.29) is 17.9 Å². The summed E-state index contributed by atoms with van der Waals surface area (Å²) in [6.45, 7) is -0.374. The van der Waals surface area contributed by atoms with Crippen LogP contribution in [-0.2, 0) is 6.18 Å². The van der Waals surface area contributed by atoms with Gasteiger partial charge in [0.15, 0.2) is 0 Å². The lowest BCUT2D eigenvalue weighted by Gasteiger charge is -2.44. The van der Waals surface area contributed by atoms with Crippen LogP contribution in [0.2, 0.25) is 0 Å². The first-order chi connectivity index (χ1) is 8.80. The van der Waals surface area contributed by atoms with E-state index in [0.717, 1.165) is 24.6 Å². The molecule has 0 radical (unpaired) electrons. The molecule has 0 heterocycles. The Balaban J connectivity index is 2.46. The van der Waals surface area contributed by atoms with Gasteiger partial charge in [0.25, 0.3) is 0 Å². The van der Waals surface area contributed by atoms with Crippen LogP contribution in [0.15, 0.2) is 18.2 Å². The van der Waals surface area contributed by atoms with E-state index in [9.17, 15) is 28.5 Å². The van der Waals surface area contributed by atoms with Crippen molar-refractivity contribution < 1.29 is 28.5 Å². The van der Waals surface area contributed by atoms with E-state index >= 15 is 0 Å². The summed E-state index contributed by atoms with van der Waals surface area (Å²) in [5, 5.41) is 28.9. The molecule has 1 aliphatic rings. The first-order valence-electron chi connectivity index (χ1n) is 5.99. The second-order valence-corrected chi connectivity index (χ2v) is 5.05. The van der Waals surface area contributed by atoms with Crippen molar-refractivity contribution in [3.63, 3.8) is 0 Å².